The minimum Gasteiger partial charge on any atom is -0.381 e. The lowest BCUT2D eigenvalue weighted by molar-refractivity contribution is -0.131. The van der Waals surface area contributed by atoms with E-state index in [9.17, 15) is 4.79 Å². The molecular weight excluding hydrogens is 300 g/mol. The van der Waals surface area contributed by atoms with E-state index in [1.165, 1.54) is 0 Å². The molecule has 0 aromatic heterocycles. The van der Waals surface area contributed by atoms with Gasteiger partial charge in [0, 0.05) is 57.5 Å². The van der Waals surface area contributed by atoms with Gasteiger partial charge in [0.2, 0.25) is 5.91 Å². The van der Waals surface area contributed by atoms with E-state index in [4.69, 9.17) is 9.47 Å². The number of likely N-dealkylation sites (N-methyl/N-ethyl adjacent to an activating group) is 1. The quantitative estimate of drug-likeness (QED) is 0.755. The average molecular weight is 328 g/mol. The van der Waals surface area contributed by atoms with Crippen LogP contribution >= 0.6 is 11.8 Å². The number of thioether (sulfide) groups is 1. The van der Waals surface area contributed by atoms with Crippen LogP contribution in [0.2, 0.25) is 0 Å². The Hall–Kier alpha value is -0.300. The van der Waals surface area contributed by atoms with Crippen LogP contribution in [0.4, 0.5) is 0 Å². The van der Waals surface area contributed by atoms with Crippen LogP contribution in [0.3, 0.4) is 0 Å². The predicted octanol–water partition coefficient (Wildman–Crippen LogP) is 1.08. The second-order valence-electron chi connectivity index (χ2n) is 7.14. The monoisotopic (exact) mass is 328 g/mol. The van der Waals surface area contributed by atoms with Gasteiger partial charge in [0.1, 0.15) is 0 Å². The zero-order valence-corrected chi connectivity index (χ0v) is 14.6. The van der Waals surface area contributed by atoms with Gasteiger partial charge in [0.25, 0.3) is 0 Å². The highest BCUT2D eigenvalue weighted by Crippen LogP contribution is 2.46. The molecule has 22 heavy (non-hydrogen) atoms. The van der Waals surface area contributed by atoms with E-state index < -0.39 is 0 Å². The molecule has 3 aliphatic heterocycles. The van der Waals surface area contributed by atoms with Crippen LogP contribution in [0.15, 0.2) is 0 Å². The first-order chi connectivity index (χ1) is 10.6. The fourth-order valence-corrected chi connectivity index (χ4v) is 5.13. The molecule has 0 aliphatic carbocycles. The minimum absolute atomic E-state index is 0.199. The van der Waals surface area contributed by atoms with Gasteiger partial charge in [0.15, 0.2) is 0 Å². The first-order valence-corrected chi connectivity index (χ1v) is 9.31. The number of amides is 1. The van der Waals surface area contributed by atoms with Crippen molar-refractivity contribution in [2.24, 2.45) is 5.92 Å². The molecule has 126 valence electrons. The van der Waals surface area contributed by atoms with Crippen molar-refractivity contribution >= 4 is 17.7 Å². The van der Waals surface area contributed by atoms with Crippen molar-refractivity contribution in [2.45, 2.75) is 30.1 Å². The molecule has 0 bridgehead atoms. The Balaban J connectivity index is 1.35. The van der Waals surface area contributed by atoms with Crippen molar-refractivity contribution in [1.29, 1.82) is 0 Å². The third-order valence-corrected chi connectivity index (χ3v) is 6.54. The SMILES string of the molecule is CN(C)C(=O)CN1CC2(CC(OCC3CCOCC3)CS2)C1. The first kappa shape index (κ1) is 16.6. The summed E-state index contributed by atoms with van der Waals surface area (Å²) in [5.74, 6) is 2.00. The van der Waals surface area contributed by atoms with E-state index in [1.54, 1.807) is 4.90 Å². The van der Waals surface area contributed by atoms with Gasteiger partial charge in [-0.05, 0) is 25.2 Å². The molecule has 0 N–H and O–H groups in total. The Labute approximate surface area is 137 Å². The van der Waals surface area contributed by atoms with E-state index in [2.05, 4.69) is 4.90 Å². The second-order valence-corrected chi connectivity index (χ2v) is 8.63. The molecule has 3 aliphatic rings. The zero-order chi connectivity index (χ0) is 15.6. The summed E-state index contributed by atoms with van der Waals surface area (Å²) in [7, 11) is 3.64. The maximum absolute atomic E-state index is 11.7. The molecule has 1 unspecified atom stereocenters. The zero-order valence-electron chi connectivity index (χ0n) is 13.8. The minimum atomic E-state index is 0.199. The molecule has 3 rings (SSSR count). The lowest BCUT2D eigenvalue weighted by Gasteiger charge is -2.47. The van der Waals surface area contributed by atoms with Crippen molar-refractivity contribution < 1.29 is 14.3 Å². The van der Waals surface area contributed by atoms with Gasteiger partial charge in [-0.2, -0.15) is 0 Å². The summed E-state index contributed by atoms with van der Waals surface area (Å²) >= 11 is 2.05. The van der Waals surface area contributed by atoms with Crippen LogP contribution < -0.4 is 0 Å². The molecule has 1 atom stereocenters. The second kappa shape index (κ2) is 7.07. The molecule has 5 nitrogen and oxygen atoms in total. The smallest absolute Gasteiger partial charge is 0.236 e. The Morgan fingerprint density at radius 2 is 2.09 bits per heavy atom. The maximum Gasteiger partial charge on any atom is 0.236 e. The number of rotatable bonds is 5. The Kier molecular flexibility index (Phi) is 5.32. The largest absolute Gasteiger partial charge is 0.381 e. The highest BCUT2D eigenvalue weighted by Gasteiger charge is 2.49. The van der Waals surface area contributed by atoms with Crippen LogP contribution in [-0.4, -0.2) is 85.9 Å². The molecular formula is C16H28N2O3S. The Morgan fingerprint density at radius 1 is 1.36 bits per heavy atom. The van der Waals surface area contributed by atoms with Gasteiger partial charge < -0.3 is 14.4 Å². The van der Waals surface area contributed by atoms with E-state index in [1.807, 2.05) is 25.9 Å². The average Bonchev–Trinajstić information content (AvgIpc) is 2.90. The number of carbonyl (C=O) groups excluding carboxylic acids is 1. The number of ether oxygens (including phenoxy) is 2. The summed E-state index contributed by atoms with van der Waals surface area (Å²) in [6.07, 6.45) is 3.84. The highest BCUT2D eigenvalue weighted by atomic mass is 32.2. The van der Waals surface area contributed by atoms with Gasteiger partial charge >= 0.3 is 0 Å². The summed E-state index contributed by atoms with van der Waals surface area (Å²) in [5, 5.41) is 0. The van der Waals surface area contributed by atoms with E-state index >= 15 is 0 Å². The number of hydrogen-bond donors (Lipinski definition) is 0. The van der Waals surface area contributed by atoms with E-state index in [-0.39, 0.29) is 5.91 Å². The third kappa shape index (κ3) is 3.96. The van der Waals surface area contributed by atoms with Crippen molar-refractivity contribution in [3.05, 3.63) is 0 Å². The number of hydrogen-bond acceptors (Lipinski definition) is 5. The fraction of sp³-hybridized carbons (Fsp3) is 0.938. The van der Waals surface area contributed by atoms with Crippen LogP contribution in [0.25, 0.3) is 0 Å². The fourth-order valence-electron chi connectivity index (χ4n) is 3.53. The van der Waals surface area contributed by atoms with E-state index in [0.717, 1.165) is 57.9 Å². The van der Waals surface area contributed by atoms with Crippen molar-refractivity contribution in [3.63, 3.8) is 0 Å². The Bertz CT molecular complexity index is 393. The molecule has 1 spiro atoms. The molecule has 6 heteroatoms. The summed E-state index contributed by atoms with van der Waals surface area (Å²) in [6.45, 7) is 5.32. The number of carbonyl (C=O) groups is 1. The van der Waals surface area contributed by atoms with Crippen molar-refractivity contribution in [1.82, 2.24) is 9.80 Å². The topological polar surface area (TPSA) is 42.0 Å². The summed E-state index contributed by atoms with van der Waals surface area (Å²) in [5.41, 5.74) is 0. The molecule has 0 aromatic rings. The first-order valence-electron chi connectivity index (χ1n) is 8.32. The lowest BCUT2D eigenvalue weighted by atomic mass is 9.93. The van der Waals surface area contributed by atoms with Crippen molar-refractivity contribution in [2.75, 3.05) is 59.3 Å². The highest BCUT2D eigenvalue weighted by molar-refractivity contribution is 8.01. The number of nitrogens with zero attached hydrogens (tertiary/aromatic N) is 2. The number of likely N-dealkylation sites (tertiary alicyclic amines) is 1. The molecule has 1 amide bonds. The van der Waals surface area contributed by atoms with Gasteiger partial charge in [0.05, 0.1) is 12.6 Å². The summed E-state index contributed by atoms with van der Waals surface area (Å²) in [4.78, 5) is 15.7. The predicted molar refractivity (Wildman–Crippen MR) is 88.2 cm³/mol. The third-order valence-electron chi connectivity index (χ3n) is 4.96. The van der Waals surface area contributed by atoms with Crippen molar-refractivity contribution in [3.8, 4) is 0 Å². The summed E-state index contributed by atoms with van der Waals surface area (Å²) < 4.78 is 11.9. The maximum atomic E-state index is 11.7. The van der Waals surface area contributed by atoms with Crippen LogP contribution in [0.1, 0.15) is 19.3 Å². The Morgan fingerprint density at radius 3 is 2.77 bits per heavy atom. The molecule has 0 aromatic carbocycles. The normalized spacial score (nSPS) is 28.7. The van der Waals surface area contributed by atoms with Gasteiger partial charge in [-0.25, -0.2) is 0 Å². The van der Waals surface area contributed by atoms with Crippen LogP contribution in [-0.2, 0) is 14.3 Å². The van der Waals surface area contributed by atoms with Gasteiger partial charge in [-0.15, -0.1) is 11.8 Å². The molecule has 3 fully saturated rings. The van der Waals surface area contributed by atoms with E-state index in [0.29, 0.717) is 23.3 Å². The van der Waals surface area contributed by atoms with Crippen LogP contribution in [0.5, 0.6) is 0 Å². The van der Waals surface area contributed by atoms with Crippen LogP contribution in [0, 0.1) is 5.92 Å². The van der Waals surface area contributed by atoms with Gasteiger partial charge in [-0.3, -0.25) is 9.69 Å². The molecule has 0 radical (unpaired) electrons. The molecule has 3 saturated heterocycles. The molecule has 3 heterocycles. The van der Waals surface area contributed by atoms with Gasteiger partial charge in [-0.1, -0.05) is 0 Å². The standard InChI is InChI=1S/C16H28N2O3S/c1-17(2)15(19)8-18-11-16(12-18)7-14(10-22-16)21-9-13-3-5-20-6-4-13/h13-14H,3-12H2,1-2H3. The summed E-state index contributed by atoms with van der Waals surface area (Å²) in [6, 6.07) is 0. The molecule has 0 saturated carbocycles. The lowest BCUT2D eigenvalue weighted by Crippen LogP contribution is -2.60.